The van der Waals surface area contributed by atoms with Gasteiger partial charge in [0.25, 0.3) is 0 Å². The first-order chi connectivity index (χ1) is 6.84. The summed E-state index contributed by atoms with van der Waals surface area (Å²) in [5.41, 5.74) is 1.04. The Kier molecular flexibility index (Phi) is 2.63. The number of aromatic nitrogens is 1. The van der Waals surface area contributed by atoms with Crippen LogP contribution in [0.3, 0.4) is 0 Å². The van der Waals surface area contributed by atoms with Gasteiger partial charge in [-0.15, -0.1) is 0 Å². The van der Waals surface area contributed by atoms with Gasteiger partial charge in [-0.3, -0.25) is 0 Å². The maximum absolute atomic E-state index is 12.8. The summed E-state index contributed by atoms with van der Waals surface area (Å²) >= 11 is 0. The highest BCUT2D eigenvalue weighted by Gasteiger charge is 1.95. The van der Waals surface area contributed by atoms with E-state index in [2.05, 4.69) is 4.57 Å². The SMILES string of the molecule is Fc1cccc(CCn2cccc2)c1. The minimum atomic E-state index is -0.157. The highest BCUT2D eigenvalue weighted by atomic mass is 19.1. The zero-order chi connectivity index (χ0) is 9.80. The Morgan fingerprint density at radius 2 is 1.86 bits per heavy atom. The second-order valence-corrected chi connectivity index (χ2v) is 3.30. The first kappa shape index (κ1) is 9.00. The van der Waals surface area contributed by atoms with Gasteiger partial charge in [-0.05, 0) is 36.2 Å². The summed E-state index contributed by atoms with van der Waals surface area (Å²) in [5.74, 6) is -0.157. The van der Waals surface area contributed by atoms with Crippen molar-refractivity contribution in [3.63, 3.8) is 0 Å². The average molecular weight is 189 g/mol. The van der Waals surface area contributed by atoms with Crippen LogP contribution in [0.1, 0.15) is 5.56 Å². The van der Waals surface area contributed by atoms with Gasteiger partial charge < -0.3 is 4.57 Å². The van der Waals surface area contributed by atoms with Crippen LogP contribution < -0.4 is 0 Å². The Morgan fingerprint density at radius 3 is 2.57 bits per heavy atom. The summed E-state index contributed by atoms with van der Waals surface area (Å²) < 4.78 is 14.9. The van der Waals surface area contributed by atoms with Crippen LogP contribution in [0.2, 0.25) is 0 Å². The monoisotopic (exact) mass is 189 g/mol. The largest absolute Gasteiger partial charge is 0.354 e. The molecule has 0 fully saturated rings. The highest BCUT2D eigenvalue weighted by Crippen LogP contribution is 2.05. The molecule has 2 aromatic rings. The van der Waals surface area contributed by atoms with Crippen LogP contribution in [0.5, 0.6) is 0 Å². The second kappa shape index (κ2) is 4.09. The van der Waals surface area contributed by atoms with Crippen molar-refractivity contribution in [3.8, 4) is 0 Å². The van der Waals surface area contributed by atoms with Crippen molar-refractivity contribution in [2.45, 2.75) is 13.0 Å². The summed E-state index contributed by atoms with van der Waals surface area (Å²) in [4.78, 5) is 0. The van der Waals surface area contributed by atoms with Crippen LogP contribution in [0.25, 0.3) is 0 Å². The number of hydrogen-bond donors (Lipinski definition) is 0. The van der Waals surface area contributed by atoms with Gasteiger partial charge in [-0.2, -0.15) is 0 Å². The number of hydrogen-bond acceptors (Lipinski definition) is 0. The quantitative estimate of drug-likeness (QED) is 0.699. The van der Waals surface area contributed by atoms with Crippen LogP contribution in [0.4, 0.5) is 4.39 Å². The van der Waals surface area contributed by atoms with Gasteiger partial charge in [0.2, 0.25) is 0 Å². The maximum Gasteiger partial charge on any atom is 0.123 e. The summed E-state index contributed by atoms with van der Waals surface area (Å²) in [6.07, 6.45) is 4.89. The van der Waals surface area contributed by atoms with Gasteiger partial charge in [0.15, 0.2) is 0 Å². The lowest BCUT2D eigenvalue weighted by Gasteiger charge is -2.02. The van der Waals surface area contributed by atoms with Crippen molar-refractivity contribution >= 4 is 0 Å². The van der Waals surface area contributed by atoms with Crippen molar-refractivity contribution in [1.82, 2.24) is 4.57 Å². The topological polar surface area (TPSA) is 4.93 Å². The molecular weight excluding hydrogens is 177 g/mol. The van der Waals surface area contributed by atoms with Gasteiger partial charge >= 0.3 is 0 Å². The molecule has 0 saturated heterocycles. The molecule has 72 valence electrons. The van der Waals surface area contributed by atoms with E-state index < -0.39 is 0 Å². The molecule has 0 saturated carbocycles. The Bertz CT molecular complexity index is 392. The van der Waals surface area contributed by atoms with Crippen molar-refractivity contribution in [2.24, 2.45) is 0 Å². The zero-order valence-electron chi connectivity index (χ0n) is 7.86. The predicted molar refractivity (Wildman–Crippen MR) is 54.5 cm³/mol. The normalized spacial score (nSPS) is 10.4. The van der Waals surface area contributed by atoms with E-state index in [4.69, 9.17) is 0 Å². The van der Waals surface area contributed by atoms with E-state index in [-0.39, 0.29) is 5.82 Å². The van der Waals surface area contributed by atoms with Crippen molar-refractivity contribution < 1.29 is 4.39 Å². The van der Waals surface area contributed by atoms with Crippen LogP contribution in [0.15, 0.2) is 48.8 Å². The van der Waals surface area contributed by atoms with E-state index in [1.54, 1.807) is 12.1 Å². The standard InChI is InChI=1S/C12H12FN/c13-12-5-3-4-11(10-12)6-9-14-7-1-2-8-14/h1-5,7-8,10H,6,9H2. The van der Waals surface area contributed by atoms with E-state index in [0.29, 0.717) is 0 Å². The summed E-state index contributed by atoms with van der Waals surface area (Å²) in [6.45, 7) is 0.899. The molecule has 2 heteroatoms. The number of rotatable bonds is 3. The van der Waals surface area contributed by atoms with E-state index in [1.165, 1.54) is 6.07 Å². The third-order valence-electron chi connectivity index (χ3n) is 2.21. The minimum Gasteiger partial charge on any atom is -0.354 e. The first-order valence-corrected chi connectivity index (χ1v) is 4.70. The number of halogens is 1. The fraction of sp³-hybridized carbons (Fsp3) is 0.167. The molecule has 0 bridgehead atoms. The predicted octanol–water partition coefficient (Wildman–Crippen LogP) is 2.87. The van der Waals surface area contributed by atoms with E-state index in [9.17, 15) is 4.39 Å². The molecule has 0 aliphatic heterocycles. The molecule has 14 heavy (non-hydrogen) atoms. The van der Waals surface area contributed by atoms with Crippen LogP contribution in [0, 0.1) is 5.82 Å². The Hall–Kier alpha value is -1.57. The maximum atomic E-state index is 12.8. The highest BCUT2D eigenvalue weighted by molar-refractivity contribution is 5.16. The number of aryl methyl sites for hydroxylation is 2. The third kappa shape index (κ3) is 2.22. The fourth-order valence-corrected chi connectivity index (χ4v) is 1.47. The van der Waals surface area contributed by atoms with Gasteiger partial charge in [-0.1, -0.05) is 12.1 Å². The second-order valence-electron chi connectivity index (χ2n) is 3.30. The lowest BCUT2D eigenvalue weighted by atomic mass is 10.1. The molecule has 0 aliphatic carbocycles. The zero-order valence-corrected chi connectivity index (χ0v) is 7.86. The van der Waals surface area contributed by atoms with Gasteiger partial charge in [0, 0.05) is 18.9 Å². The van der Waals surface area contributed by atoms with E-state index >= 15 is 0 Å². The lowest BCUT2D eigenvalue weighted by molar-refractivity contribution is 0.622. The van der Waals surface area contributed by atoms with Crippen LogP contribution >= 0.6 is 0 Å². The molecule has 1 aromatic carbocycles. The lowest BCUT2D eigenvalue weighted by Crippen LogP contribution is -1.98. The minimum absolute atomic E-state index is 0.157. The number of benzene rings is 1. The molecule has 0 spiro atoms. The Morgan fingerprint density at radius 1 is 1.07 bits per heavy atom. The van der Waals surface area contributed by atoms with E-state index in [1.807, 2.05) is 30.6 Å². The van der Waals surface area contributed by atoms with E-state index in [0.717, 1.165) is 18.5 Å². The van der Waals surface area contributed by atoms with Gasteiger partial charge in [-0.25, -0.2) is 4.39 Å². The van der Waals surface area contributed by atoms with Crippen molar-refractivity contribution in [3.05, 3.63) is 60.2 Å². The molecule has 0 N–H and O–H groups in total. The molecule has 0 aliphatic rings. The summed E-state index contributed by atoms with van der Waals surface area (Å²) in [7, 11) is 0. The molecule has 1 nitrogen and oxygen atoms in total. The molecule has 1 aromatic heterocycles. The number of nitrogens with zero attached hydrogens (tertiary/aromatic N) is 1. The van der Waals surface area contributed by atoms with Crippen LogP contribution in [-0.4, -0.2) is 4.57 Å². The first-order valence-electron chi connectivity index (χ1n) is 4.70. The van der Waals surface area contributed by atoms with Gasteiger partial charge in [0.05, 0.1) is 0 Å². The molecule has 0 radical (unpaired) electrons. The average Bonchev–Trinajstić information content (AvgIpc) is 2.67. The van der Waals surface area contributed by atoms with Gasteiger partial charge in [0.1, 0.15) is 5.82 Å². The summed E-state index contributed by atoms with van der Waals surface area (Å²) in [6, 6.07) is 10.7. The van der Waals surface area contributed by atoms with Crippen LogP contribution in [-0.2, 0) is 13.0 Å². The fourth-order valence-electron chi connectivity index (χ4n) is 1.47. The molecule has 1 heterocycles. The molecule has 0 amide bonds. The molecule has 0 unspecified atom stereocenters. The smallest absolute Gasteiger partial charge is 0.123 e. The van der Waals surface area contributed by atoms with Crippen molar-refractivity contribution in [2.75, 3.05) is 0 Å². The molecule has 2 rings (SSSR count). The molecular formula is C12H12FN. The summed E-state index contributed by atoms with van der Waals surface area (Å²) in [5, 5.41) is 0. The van der Waals surface area contributed by atoms with Crippen molar-refractivity contribution in [1.29, 1.82) is 0 Å². The molecule has 0 atom stereocenters. The Balaban J connectivity index is 1.98. The Labute approximate surface area is 82.8 Å². The third-order valence-corrected chi connectivity index (χ3v) is 2.21.